The predicted octanol–water partition coefficient (Wildman–Crippen LogP) is 3.80. The van der Waals surface area contributed by atoms with Crippen molar-refractivity contribution in [2.75, 3.05) is 17.1 Å². The molecule has 192 valence electrons. The highest BCUT2D eigenvalue weighted by Crippen LogP contribution is 2.32. The minimum Gasteiger partial charge on any atom is -0.352 e. The molecule has 0 radical (unpaired) electrons. The van der Waals surface area contributed by atoms with Crippen LogP contribution >= 0.6 is 0 Å². The van der Waals surface area contributed by atoms with Gasteiger partial charge in [0.1, 0.15) is 12.6 Å². The second-order valence-corrected chi connectivity index (χ2v) is 10.3. The molecular weight excluding hydrogens is 483 g/mol. The molecule has 0 saturated carbocycles. The Balaban J connectivity index is 2.47. The minimum absolute atomic E-state index is 0.0177. The smallest absolute Gasteiger partial charge is 0.352 e. The van der Waals surface area contributed by atoms with E-state index in [1.165, 1.54) is 11.0 Å². The van der Waals surface area contributed by atoms with Crippen molar-refractivity contribution in [3.63, 3.8) is 0 Å². The molecule has 2 amide bonds. The van der Waals surface area contributed by atoms with Gasteiger partial charge in [-0.1, -0.05) is 43.3 Å². The summed E-state index contributed by atoms with van der Waals surface area (Å²) in [7, 11) is -4.14. The average molecular weight is 514 g/mol. The molecule has 0 bridgehead atoms. The van der Waals surface area contributed by atoms with E-state index in [9.17, 15) is 31.2 Å². The molecule has 0 aliphatic rings. The maximum Gasteiger partial charge on any atom is 0.416 e. The number of hydrogen-bond donors (Lipinski definition) is 1. The monoisotopic (exact) mass is 513 g/mol. The first-order valence-corrected chi connectivity index (χ1v) is 12.9. The Labute approximate surface area is 204 Å². The largest absolute Gasteiger partial charge is 0.416 e. The zero-order chi connectivity index (χ0) is 26.4. The molecule has 2 aromatic carbocycles. The van der Waals surface area contributed by atoms with Crippen molar-refractivity contribution in [2.45, 2.75) is 52.0 Å². The van der Waals surface area contributed by atoms with Crippen LogP contribution in [0.3, 0.4) is 0 Å². The van der Waals surface area contributed by atoms with Crippen molar-refractivity contribution < 1.29 is 31.2 Å². The van der Waals surface area contributed by atoms with E-state index in [0.29, 0.717) is 15.9 Å². The fourth-order valence-corrected chi connectivity index (χ4v) is 4.37. The molecule has 35 heavy (non-hydrogen) atoms. The molecule has 0 aliphatic carbocycles. The molecular formula is C24H30F3N3O4S. The standard InChI is InChI=1S/C24H30F3N3O4S/c1-5-21(23(32)28-17(2)3)29(15-18-10-7-6-8-11-18)22(31)16-30(35(4,33)34)20-13-9-12-19(14-20)24(25,26)27/h6-14,17,21H,5,15-16H2,1-4H3,(H,28,32)/t21-/m1/s1. The first-order chi connectivity index (χ1) is 16.2. The number of anilines is 1. The van der Waals surface area contributed by atoms with Gasteiger partial charge in [0.15, 0.2) is 0 Å². The van der Waals surface area contributed by atoms with E-state index in [0.717, 1.165) is 18.4 Å². The number of amides is 2. The van der Waals surface area contributed by atoms with Gasteiger partial charge in [0.25, 0.3) is 0 Å². The van der Waals surface area contributed by atoms with E-state index in [-0.39, 0.29) is 24.7 Å². The highest BCUT2D eigenvalue weighted by molar-refractivity contribution is 7.92. The number of halogens is 3. The lowest BCUT2D eigenvalue weighted by molar-refractivity contribution is -0.140. The van der Waals surface area contributed by atoms with Crippen molar-refractivity contribution in [1.29, 1.82) is 0 Å². The molecule has 2 rings (SSSR count). The van der Waals surface area contributed by atoms with Crippen LogP contribution in [0.5, 0.6) is 0 Å². The van der Waals surface area contributed by atoms with Crippen molar-refractivity contribution in [1.82, 2.24) is 10.2 Å². The Morgan fingerprint density at radius 3 is 2.17 bits per heavy atom. The summed E-state index contributed by atoms with van der Waals surface area (Å²) in [5, 5.41) is 2.76. The lowest BCUT2D eigenvalue weighted by Gasteiger charge is -2.33. The number of hydrogen-bond acceptors (Lipinski definition) is 4. The van der Waals surface area contributed by atoms with Gasteiger partial charge in [0.2, 0.25) is 21.8 Å². The van der Waals surface area contributed by atoms with E-state index in [1.807, 2.05) is 0 Å². The van der Waals surface area contributed by atoms with Gasteiger partial charge in [-0.2, -0.15) is 13.2 Å². The van der Waals surface area contributed by atoms with Gasteiger partial charge >= 0.3 is 6.18 Å². The van der Waals surface area contributed by atoms with Crippen molar-refractivity contribution in [3.8, 4) is 0 Å². The van der Waals surface area contributed by atoms with Gasteiger partial charge in [0, 0.05) is 12.6 Å². The number of carbonyl (C=O) groups is 2. The second-order valence-electron chi connectivity index (χ2n) is 8.41. The number of benzene rings is 2. The Morgan fingerprint density at radius 2 is 1.66 bits per heavy atom. The Kier molecular flexibility index (Phi) is 9.31. The normalized spacial score (nSPS) is 12.8. The van der Waals surface area contributed by atoms with E-state index in [1.54, 1.807) is 51.1 Å². The second kappa shape index (κ2) is 11.6. The first-order valence-electron chi connectivity index (χ1n) is 11.0. The third-order valence-electron chi connectivity index (χ3n) is 5.15. The van der Waals surface area contributed by atoms with Crippen LogP contribution < -0.4 is 9.62 Å². The highest BCUT2D eigenvalue weighted by atomic mass is 32.2. The molecule has 0 saturated heterocycles. The molecule has 0 spiro atoms. The summed E-state index contributed by atoms with van der Waals surface area (Å²) in [4.78, 5) is 27.6. The van der Waals surface area contributed by atoms with Crippen LogP contribution in [-0.2, 0) is 32.3 Å². The molecule has 1 N–H and O–H groups in total. The number of carbonyl (C=O) groups excluding carboxylic acids is 2. The van der Waals surface area contributed by atoms with Crippen LogP contribution in [0.25, 0.3) is 0 Å². The molecule has 0 fully saturated rings. The number of rotatable bonds is 10. The van der Waals surface area contributed by atoms with E-state index in [2.05, 4.69) is 5.32 Å². The molecule has 0 aliphatic heterocycles. The van der Waals surface area contributed by atoms with E-state index in [4.69, 9.17) is 0 Å². The topological polar surface area (TPSA) is 86.8 Å². The van der Waals surface area contributed by atoms with Gasteiger partial charge in [-0.25, -0.2) is 8.42 Å². The fourth-order valence-electron chi connectivity index (χ4n) is 3.53. The Hall–Kier alpha value is -3.08. The maximum atomic E-state index is 13.5. The summed E-state index contributed by atoms with van der Waals surface area (Å²) in [6.07, 6.45) is -3.63. The fraction of sp³-hybridized carbons (Fsp3) is 0.417. The summed E-state index contributed by atoms with van der Waals surface area (Å²) in [6.45, 7) is 4.51. The van der Waals surface area contributed by atoms with Crippen LogP contribution in [0.1, 0.15) is 38.3 Å². The molecule has 0 unspecified atom stereocenters. The Morgan fingerprint density at radius 1 is 1.03 bits per heavy atom. The zero-order valence-corrected chi connectivity index (χ0v) is 20.9. The number of sulfonamides is 1. The molecule has 2 aromatic rings. The lowest BCUT2D eigenvalue weighted by Crippen LogP contribution is -2.53. The quantitative estimate of drug-likeness (QED) is 0.524. The summed E-state index contributed by atoms with van der Waals surface area (Å²) in [6, 6.07) is 11.5. The third-order valence-corrected chi connectivity index (χ3v) is 6.29. The van der Waals surface area contributed by atoms with Crippen LogP contribution in [-0.4, -0.2) is 50.0 Å². The minimum atomic E-state index is -4.69. The predicted molar refractivity (Wildman–Crippen MR) is 128 cm³/mol. The summed E-state index contributed by atoms with van der Waals surface area (Å²) < 4.78 is 65.3. The summed E-state index contributed by atoms with van der Waals surface area (Å²) in [5.41, 5.74) is -0.628. The van der Waals surface area contributed by atoms with Gasteiger partial charge in [-0.3, -0.25) is 13.9 Å². The molecule has 11 heteroatoms. The average Bonchev–Trinajstić information content (AvgIpc) is 2.76. The Bertz CT molecular complexity index is 1120. The van der Waals surface area contributed by atoms with Gasteiger partial charge in [0.05, 0.1) is 17.5 Å². The summed E-state index contributed by atoms with van der Waals surface area (Å²) >= 11 is 0. The highest BCUT2D eigenvalue weighted by Gasteiger charge is 2.34. The SMILES string of the molecule is CC[C@H](C(=O)NC(C)C)N(Cc1ccccc1)C(=O)CN(c1cccc(C(F)(F)F)c1)S(C)(=O)=O. The molecule has 0 aromatic heterocycles. The molecule has 1 atom stereocenters. The van der Waals surface area contributed by atoms with Gasteiger partial charge < -0.3 is 10.2 Å². The first kappa shape index (κ1) is 28.2. The third kappa shape index (κ3) is 7.98. The van der Waals surface area contributed by atoms with Crippen LogP contribution in [0.15, 0.2) is 54.6 Å². The van der Waals surface area contributed by atoms with Crippen molar-refractivity contribution in [3.05, 3.63) is 65.7 Å². The van der Waals surface area contributed by atoms with Crippen LogP contribution in [0.2, 0.25) is 0 Å². The number of nitrogens with one attached hydrogen (secondary N) is 1. The van der Waals surface area contributed by atoms with E-state index >= 15 is 0 Å². The van der Waals surface area contributed by atoms with E-state index < -0.39 is 46.2 Å². The number of nitrogens with zero attached hydrogens (tertiary/aromatic N) is 2. The van der Waals surface area contributed by atoms with Gasteiger partial charge in [-0.15, -0.1) is 0 Å². The van der Waals surface area contributed by atoms with Gasteiger partial charge in [-0.05, 0) is 44.0 Å². The molecule has 0 heterocycles. The van der Waals surface area contributed by atoms with Crippen molar-refractivity contribution in [2.24, 2.45) is 0 Å². The zero-order valence-electron chi connectivity index (χ0n) is 20.0. The van der Waals surface area contributed by atoms with Crippen LogP contribution in [0, 0.1) is 0 Å². The maximum absolute atomic E-state index is 13.5. The number of alkyl halides is 3. The van der Waals surface area contributed by atoms with Crippen molar-refractivity contribution >= 4 is 27.5 Å². The van der Waals surface area contributed by atoms with Crippen LogP contribution in [0.4, 0.5) is 18.9 Å². The lowest BCUT2D eigenvalue weighted by atomic mass is 10.1. The molecule has 7 nitrogen and oxygen atoms in total. The summed E-state index contributed by atoms with van der Waals surface area (Å²) in [5.74, 6) is -1.13.